The predicted octanol–water partition coefficient (Wildman–Crippen LogP) is 2.72. The van der Waals surface area contributed by atoms with Crippen LogP contribution in [0, 0.1) is 0 Å². The van der Waals surface area contributed by atoms with Crippen molar-refractivity contribution >= 4 is 8.25 Å². The van der Waals surface area contributed by atoms with Gasteiger partial charge in [0.1, 0.15) is 0 Å². The smallest absolute Gasteiger partial charge is 0.134 e. The van der Waals surface area contributed by atoms with Crippen LogP contribution in [-0.2, 0) is 4.57 Å². The molecule has 0 aliphatic heterocycles. The van der Waals surface area contributed by atoms with Crippen LogP contribution in [0.4, 0.5) is 0 Å². The molecule has 2 rings (SSSR count). The van der Waals surface area contributed by atoms with Crippen molar-refractivity contribution in [2.45, 2.75) is 0 Å². The largest absolute Gasteiger partial charge is 0.692 e. The Hall–Kier alpha value is -1.54. The van der Waals surface area contributed by atoms with Crippen LogP contribution >= 0.6 is 8.25 Å². The fraction of sp³-hybridized carbons (Fsp3) is 0. The molecule has 0 radical (unpaired) electrons. The summed E-state index contributed by atoms with van der Waals surface area (Å²) < 4.78 is 8.70. The van der Waals surface area contributed by atoms with Crippen LogP contribution in [0.3, 0.4) is 0 Å². The van der Waals surface area contributed by atoms with Crippen LogP contribution in [0.2, 0.25) is 0 Å². The normalized spacial score (nSPS) is 16.1. The Balaban J connectivity index is 0.000000280. The lowest BCUT2D eigenvalue weighted by atomic mass is 10.1. The minimum atomic E-state index is -2.87. The first-order chi connectivity index (χ1) is 7.70. The van der Waals surface area contributed by atoms with E-state index in [1.165, 1.54) is 11.1 Å². The quantitative estimate of drug-likeness (QED) is 0.634. The molecule has 0 atom stereocenters. The topological polar surface area (TPSA) is 57.5 Å². The maximum Gasteiger partial charge on any atom is 0.692 e. The maximum absolute atomic E-state index is 8.70. The van der Waals surface area contributed by atoms with Gasteiger partial charge in [-0.2, -0.15) is 0 Å². The van der Waals surface area contributed by atoms with E-state index in [1.54, 1.807) is 0 Å². The molecular formula is C12H12O3P+. The average molecular weight is 235 g/mol. The number of hydrogen-bond donors (Lipinski definition) is 2. The lowest BCUT2D eigenvalue weighted by molar-refractivity contribution is 0.405. The summed E-state index contributed by atoms with van der Waals surface area (Å²) in [5.74, 6) is 0. The van der Waals surface area contributed by atoms with Gasteiger partial charge in [-0.25, -0.2) is 0 Å². The molecule has 4 heteroatoms. The Morgan fingerprint density at radius 3 is 1.50 bits per heavy atom. The molecule has 0 amide bonds. The van der Waals surface area contributed by atoms with Gasteiger partial charge in [-0.3, -0.25) is 0 Å². The zero-order valence-electron chi connectivity index (χ0n) is 8.52. The van der Waals surface area contributed by atoms with Gasteiger partial charge in [0.15, 0.2) is 0 Å². The molecule has 0 aromatic carbocycles. The molecule has 0 aromatic heterocycles. The lowest BCUT2D eigenvalue weighted by Gasteiger charge is -1.98. The molecule has 2 aliphatic carbocycles. The Labute approximate surface area is 95.1 Å². The van der Waals surface area contributed by atoms with E-state index in [0.717, 1.165) is 0 Å². The molecular weight excluding hydrogens is 223 g/mol. The Bertz CT molecular complexity index is 397. The van der Waals surface area contributed by atoms with Crippen molar-refractivity contribution < 1.29 is 14.4 Å². The van der Waals surface area contributed by atoms with Gasteiger partial charge in [-0.1, -0.05) is 60.8 Å². The van der Waals surface area contributed by atoms with E-state index >= 15 is 0 Å². The SMILES string of the molecule is C1=CC=C2C=CC=CC=C2C=C1.O=[P+](O)O. The molecule has 0 unspecified atom stereocenters. The van der Waals surface area contributed by atoms with Crippen molar-refractivity contribution in [3.05, 3.63) is 71.9 Å². The van der Waals surface area contributed by atoms with Crippen LogP contribution in [-0.4, -0.2) is 9.79 Å². The second kappa shape index (κ2) is 6.85. The molecule has 0 heterocycles. The number of fused-ring (bicyclic) bond motifs is 1. The fourth-order valence-corrected chi connectivity index (χ4v) is 1.26. The highest BCUT2D eigenvalue weighted by Crippen LogP contribution is 2.18. The molecule has 82 valence electrons. The molecule has 16 heavy (non-hydrogen) atoms. The highest BCUT2D eigenvalue weighted by atomic mass is 31.1. The zero-order chi connectivity index (χ0) is 11.8. The summed E-state index contributed by atoms with van der Waals surface area (Å²) in [4.78, 5) is 14.2. The standard InChI is InChI=1S/C12H10.HO3P/c1-3-7-11-9-5-2-6-10-12(11)8-4-1;1-4(2)3/h1-10H;(H-,1,2,3)/p+1. The van der Waals surface area contributed by atoms with E-state index in [2.05, 4.69) is 48.6 Å². The highest BCUT2D eigenvalue weighted by Gasteiger charge is 1.98. The Morgan fingerprint density at radius 2 is 1.12 bits per heavy atom. The minimum Gasteiger partial charge on any atom is -0.134 e. The van der Waals surface area contributed by atoms with E-state index in [0.29, 0.717) is 0 Å². The molecule has 0 spiro atoms. The van der Waals surface area contributed by atoms with Gasteiger partial charge >= 0.3 is 8.25 Å². The van der Waals surface area contributed by atoms with Gasteiger partial charge < -0.3 is 0 Å². The monoisotopic (exact) mass is 235 g/mol. The summed E-state index contributed by atoms with van der Waals surface area (Å²) in [6.07, 6.45) is 20.8. The van der Waals surface area contributed by atoms with E-state index in [1.807, 2.05) is 12.2 Å². The van der Waals surface area contributed by atoms with Crippen molar-refractivity contribution in [2.24, 2.45) is 0 Å². The molecule has 0 saturated carbocycles. The number of hydrogen-bond acceptors (Lipinski definition) is 1. The van der Waals surface area contributed by atoms with Crippen molar-refractivity contribution in [2.75, 3.05) is 0 Å². The fourth-order valence-electron chi connectivity index (χ4n) is 1.26. The van der Waals surface area contributed by atoms with Crippen LogP contribution in [0.25, 0.3) is 0 Å². The molecule has 0 fully saturated rings. The van der Waals surface area contributed by atoms with Crippen LogP contribution in [0.15, 0.2) is 71.9 Å². The summed E-state index contributed by atoms with van der Waals surface area (Å²) in [5.41, 5.74) is 2.54. The van der Waals surface area contributed by atoms with Crippen LogP contribution < -0.4 is 0 Å². The van der Waals surface area contributed by atoms with Crippen molar-refractivity contribution in [3.8, 4) is 0 Å². The van der Waals surface area contributed by atoms with Gasteiger partial charge in [0, 0.05) is 4.57 Å². The van der Waals surface area contributed by atoms with Gasteiger partial charge in [-0.05, 0) is 11.1 Å². The molecule has 0 saturated heterocycles. The van der Waals surface area contributed by atoms with Gasteiger partial charge in [0.2, 0.25) is 0 Å². The molecule has 3 nitrogen and oxygen atoms in total. The first-order valence-electron chi connectivity index (χ1n) is 4.65. The van der Waals surface area contributed by atoms with Crippen molar-refractivity contribution in [1.29, 1.82) is 0 Å². The van der Waals surface area contributed by atoms with Gasteiger partial charge in [0.25, 0.3) is 0 Å². The van der Waals surface area contributed by atoms with E-state index in [9.17, 15) is 0 Å². The van der Waals surface area contributed by atoms with Gasteiger partial charge in [0.05, 0.1) is 0 Å². The minimum absolute atomic E-state index is 1.27. The third-order valence-corrected chi connectivity index (χ3v) is 1.88. The third kappa shape index (κ3) is 4.80. The molecule has 0 bridgehead atoms. The summed E-state index contributed by atoms with van der Waals surface area (Å²) in [6.45, 7) is 0. The van der Waals surface area contributed by atoms with E-state index in [4.69, 9.17) is 14.4 Å². The summed E-state index contributed by atoms with van der Waals surface area (Å²) >= 11 is 0. The average Bonchev–Trinajstić information content (AvgIpc) is 2.51. The van der Waals surface area contributed by atoms with Crippen LogP contribution in [0.5, 0.6) is 0 Å². The second-order valence-corrected chi connectivity index (χ2v) is 3.49. The molecule has 2 N–H and O–H groups in total. The summed E-state index contributed by atoms with van der Waals surface area (Å²) in [7, 11) is -2.87. The van der Waals surface area contributed by atoms with E-state index in [-0.39, 0.29) is 0 Å². The zero-order valence-corrected chi connectivity index (χ0v) is 9.42. The van der Waals surface area contributed by atoms with Gasteiger partial charge in [-0.15, -0.1) is 9.79 Å². The summed E-state index contributed by atoms with van der Waals surface area (Å²) in [6, 6.07) is 0. The lowest BCUT2D eigenvalue weighted by Crippen LogP contribution is -1.79. The predicted molar refractivity (Wildman–Crippen MR) is 64.8 cm³/mol. The summed E-state index contributed by atoms with van der Waals surface area (Å²) in [5, 5.41) is 0. The Morgan fingerprint density at radius 1 is 0.750 bits per heavy atom. The second-order valence-electron chi connectivity index (χ2n) is 2.98. The molecule has 2 aliphatic rings. The highest BCUT2D eigenvalue weighted by molar-refractivity contribution is 7.30. The van der Waals surface area contributed by atoms with Crippen molar-refractivity contribution in [3.63, 3.8) is 0 Å². The van der Waals surface area contributed by atoms with E-state index < -0.39 is 8.25 Å². The number of rotatable bonds is 0. The third-order valence-electron chi connectivity index (χ3n) is 1.88. The Kier molecular flexibility index (Phi) is 5.37. The first-order valence-corrected chi connectivity index (χ1v) is 5.82. The van der Waals surface area contributed by atoms with Crippen LogP contribution in [0.1, 0.15) is 0 Å². The first kappa shape index (κ1) is 12.5. The molecule has 0 aromatic rings. The van der Waals surface area contributed by atoms with Crippen molar-refractivity contribution in [1.82, 2.24) is 0 Å². The number of allylic oxidation sites excluding steroid dienone is 12. The maximum atomic E-state index is 8.70.